The molecular weight excluding hydrogens is 228 g/mol. The Morgan fingerprint density at radius 3 is 2.56 bits per heavy atom. The standard InChI is InChI=1S/C11H14O4S/c1-8(11(12)13)6-9-4-3-5-10(7-9)16(2,14)15/h3-5,7-8H,6H2,1-2H3,(H,12,13). The van der Waals surface area contributed by atoms with Crippen LogP contribution in [0, 0.1) is 5.92 Å². The van der Waals surface area contributed by atoms with Gasteiger partial charge in [0, 0.05) is 6.26 Å². The highest BCUT2D eigenvalue weighted by molar-refractivity contribution is 7.90. The normalized spacial score (nSPS) is 13.4. The van der Waals surface area contributed by atoms with Crippen molar-refractivity contribution < 1.29 is 18.3 Å². The molecule has 0 heterocycles. The lowest BCUT2D eigenvalue weighted by atomic mass is 10.0. The van der Waals surface area contributed by atoms with Crippen molar-refractivity contribution in [1.29, 1.82) is 0 Å². The number of aliphatic carboxylic acids is 1. The van der Waals surface area contributed by atoms with Gasteiger partial charge in [-0.1, -0.05) is 19.1 Å². The summed E-state index contributed by atoms with van der Waals surface area (Å²) in [7, 11) is -3.23. The Morgan fingerprint density at radius 1 is 1.44 bits per heavy atom. The van der Waals surface area contributed by atoms with Crippen LogP contribution in [-0.4, -0.2) is 25.7 Å². The van der Waals surface area contributed by atoms with E-state index in [1.807, 2.05) is 0 Å². The molecular formula is C11H14O4S. The van der Waals surface area contributed by atoms with Crippen LogP contribution in [0.4, 0.5) is 0 Å². The number of benzene rings is 1. The van der Waals surface area contributed by atoms with E-state index in [9.17, 15) is 13.2 Å². The van der Waals surface area contributed by atoms with Crippen molar-refractivity contribution in [2.24, 2.45) is 5.92 Å². The molecule has 0 saturated heterocycles. The highest BCUT2D eigenvalue weighted by Crippen LogP contribution is 2.14. The molecule has 0 saturated carbocycles. The SMILES string of the molecule is CC(Cc1cccc(S(C)(=O)=O)c1)C(=O)O. The van der Waals surface area contributed by atoms with E-state index < -0.39 is 21.7 Å². The molecule has 0 aliphatic rings. The van der Waals surface area contributed by atoms with E-state index >= 15 is 0 Å². The second-order valence-electron chi connectivity index (χ2n) is 3.86. The Balaban J connectivity index is 2.96. The first-order valence-electron chi connectivity index (χ1n) is 4.82. The molecule has 1 atom stereocenters. The van der Waals surface area contributed by atoms with Crippen molar-refractivity contribution in [3.8, 4) is 0 Å². The first-order valence-corrected chi connectivity index (χ1v) is 6.71. The topological polar surface area (TPSA) is 71.4 Å². The van der Waals surface area contributed by atoms with Gasteiger partial charge >= 0.3 is 5.97 Å². The largest absolute Gasteiger partial charge is 0.481 e. The van der Waals surface area contributed by atoms with E-state index in [0.717, 1.165) is 11.8 Å². The molecule has 1 aromatic carbocycles. The minimum Gasteiger partial charge on any atom is -0.481 e. The van der Waals surface area contributed by atoms with Crippen LogP contribution in [0.2, 0.25) is 0 Å². The van der Waals surface area contributed by atoms with Crippen molar-refractivity contribution in [1.82, 2.24) is 0 Å². The van der Waals surface area contributed by atoms with E-state index in [0.29, 0.717) is 6.42 Å². The van der Waals surface area contributed by atoms with E-state index in [1.54, 1.807) is 19.1 Å². The van der Waals surface area contributed by atoms with E-state index in [-0.39, 0.29) is 4.90 Å². The highest BCUT2D eigenvalue weighted by atomic mass is 32.2. The molecule has 0 aliphatic carbocycles. The van der Waals surface area contributed by atoms with Crippen LogP contribution in [-0.2, 0) is 21.1 Å². The summed E-state index contributed by atoms with van der Waals surface area (Å²) in [5.41, 5.74) is 0.720. The number of hydrogen-bond acceptors (Lipinski definition) is 3. The van der Waals surface area contributed by atoms with Gasteiger partial charge in [0.05, 0.1) is 10.8 Å². The maximum atomic E-state index is 11.3. The molecule has 0 aliphatic heterocycles. The van der Waals surface area contributed by atoms with E-state index in [1.165, 1.54) is 12.1 Å². The zero-order valence-corrected chi connectivity index (χ0v) is 9.99. The van der Waals surface area contributed by atoms with Crippen LogP contribution in [0.15, 0.2) is 29.2 Å². The minimum atomic E-state index is -3.23. The molecule has 0 amide bonds. The number of carboxylic acid groups (broad SMARTS) is 1. The predicted octanol–water partition coefficient (Wildman–Crippen LogP) is 1.35. The number of carboxylic acids is 1. The van der Waals surface area contributed by atoms with Crippen LogP contribution < -0.4 is 0 Å². The average Bonchev–Trinajstić information content (AvgIpc) is 2.16. The quantitative estimate of drug-likeness (QED) is 0.865. The molecule has 5 heteroatoms. The third-order valence-electron chi connectivity index (χ3n) is 2.29. The molecule has 88 valence electrons. The second-order valence-corrected chi connectivity index (χ2v) is 5.88. The summed E-state index contributed by atoms with van der Waals surface area (Å²) in [6.07, 6.45) is 1.46. The molecule has 1 rings (SSSR count). The number of hydrogen-bond donors (Lipinski definition) is 1. The maximum Gasteiger partial charge on any atom is 0.306 e. The summed E-state index contributed by atoms with van der Waals surface area (Å²) in [4.78, 5) is 10.9. The van der Waals surface area contributed by atoms with Gasteiger partial charge in [0.25, 0.3) is 0 Å². The van der Waals surface area contributed by atoms with Crippen molar-refractivity contribution in [2.75, 3.05) is 6.26 Å². The lowest BCUT2D eigenvalue weighted by Gasteiger charge is -2.07. The van der Waals surface area contributed by atoms with Gasteiger partial charge in [0.2, 0.25) is 0 Å². The summed E-state index contributed by atoms with van der Waals surface area (Å²) in [6.45, 7) is 1.59. The first-order chi connectivity index (χ1) is 7.30. The molecule has 0 aromatic heterocycles. The van der Waals surface area contributed by atoms with Gasteiger partial charge in [0.1, 0.15) is 0 Å². The zero-order valence-electron chi connectivity index (χ0n) is 9.17. The van der Waals surface area contributed by atoms with Crippen LogP contribution in [0.1, 0.15) is 12.5 Å². The predicted molar refractivity (Wildman–Crippen MR) is 60.1 cm³/mol. The Kier molecular flexibility index (Phi) is 3.70. The van der Waals surface area contributed by atoms with Gasteiger partial charge in [0.15, 0.2) is 9.84 Å². The van der Waals surface area contributed by atoms with Gasteiger partial charge in [-0.2, -0.15) is 0 Å². The van der Waals surface area contributed by atoms with Gasteiger partial charge in [-0.05, 0) is 24.1 Å². The average molecular weight is 242 g/mol. The summed E-state index contributed by atoms with van der Waals surface area (Å²) >= 11 is 0. The summed E-state index contributed by atoms with van der Waals surface area (Å²) in [5.74, 6) is -1.40. The minimum absolute atomic E-state index is 0.225. The summed E-state index contributed by atoms with van der Waals surface area (Å²) in [6, 6.07) is 6.38. The van der Waals surface area contributed by atoms with Gasteiger partial charge < -0.3 is 5.11 Å². The monoisotopic (exact) mass is 242 g/mol. The van der Waals surface area contributed by atoms with Crippen molar-refractivity contribution >= 4 is 15.8 Å². The van der Waals surface area contributed by atoms with E-state index in [4.69, 9.17) is 5.11 Å². The number of sulfone groups is 1. The number of carbonyl (C=O) groups is 1. The Hall–Kier alpha value is -1.36. The van der Waals surface area contributed by atoms with E-state index in [2.05, 4.69) is 0 Å². The van der Waals surface area contributed by atoms with Crippen molar-refractivity contribution in [3.63, 3.8) is 0 Å². The Bertz CT molecular complexity index is 490. The third kappa shape index (κ3) is 3.34. The second kappa shape index (κ2) is 4.65. The van der Waals surface area contributed by atoms with Crippen LogP contribution in [0.25, 0.3) is 0 Å². The fourth-order valence-electron chi connectivity index (χ4n) is 1.34. The summed E-state index contributed by atoms with van der Waals surface area (Å²) in [5, 5.41) is 8.75. The van der Waals surface area contributed by atoms with Crippen molar-refractivity contribution in [3.05, 3.63) is 29.8 Å². The van der Waals surface area contributed by atoms with Crippen molar-refractivity contribution in [2.45, 2.75) is 18.2 Å². The summed E-state index contributed by atoms with van der Waals surface area (Å²) < 4.78 is 22.6. The first kappa shape index (κ1) is 12.7. The molecule has 0 bridgehead atoms. The molecule has 4 nitrogen and oxygen atoms in total. The molecule has 0 radical (unpaired) electrons. The molecule has 0 fully saturated rings. The van der Waals surface area contributed by atoms with Crippen LogP contribution in [0.3, 0.4) is 0 Å². The van der Waals surface area contributed by atoms with Crippen LogP contribution >= 0.6 is 0 Å². The smallest absolute Gasteiger partial charge is 0.306 e. The maximum absolute atomic E-state index is 11.3. The number of rotatable bonds is 4. The lowest BCUT2D eigenvalue weighted by molar-refractivity contribution is -0.141. The van der Waals surface area contributed by atoms with Gasteiger partial charge in [-0.25, -0.2) is 8.42 Å². The highest BCUT2D eigenvalue weighted by Gasteiger charge is 2.13. The molecule has 1 aromatic rings. The molecule has 16 heavy (non-hydrogen) atoms. The molecule has 0 spiro atoms. The molecule has 1 unspecified atom stereocenters. The zero-order chi connectivity index (χ0) is 12.3. The molecule has 1 N–H and O–H groups in total. The lowest BCUT2D eigenvalue weighted by Crippen LogP contribution is -2.12. The van der Waals surface area contributed by atoms with Crippen LogP contribution in [0.5, 0.6) is 0 Å². The Labute approximate surface area is 94.8 Å². The fraction of sp³-hybridized carbons (Fsp3) is 0.364. The third-order valence-corrected chi connectivity index (χ3v) is 3.40. The van der Waals surface area contributed by atoms with Gasteiger partial charge in [-0.15, -0.1) is 0 Å². The van der Waals surface area contributed by atoms with Gasteiger partial charge in [-0.3, -0.25) is 4.79 Å². The fourth-order valence-corrected chi connectivity index (χ4v) is 2.04. The Morgan fingerprint density at radius 2 is 2.06 bits per heavy atom.